The maximum atomic E-state index is 11.8. The monoisotopic (exact) mass is 412 g/mol. The fourth-order valence-electron chi connectivity index (χ4n) is 3.56. The van der Waals surface area contributed by atoms with Gasteiger partial charge in [-0.1, -0.05) is 96.8 Å². The molecule has 0 spiro atoms. The lowest BCUT2D eigenvalue weighted by Crippen LogP contribution is -2.35. The average molecular weight is 413 g/mol. The minimum absolute atomic E-state index is 0.197. The Kier molecular flexibility index (Phi) is 24.8. The lowest BCUT2D eigenvalue weighted by molar-refractivity contribution is -0.121. The lowest BCUT2D eigenvalue weighted by atomic mass is 10.0. The smallest absolute Gasteiger partial charge is 0.220 e. The number of nitrogens with one attached hydrogen (secondary N) is 3. The van der Waals surface area contributed by atoms with Crippen LogP contribution in [0.5, 0.6) is 0 Å². The standard InChI is InChI=1S/C24H52N4O/c1-2-3-4-5-6-7-8-9-10-11-12-13-14-15-16-17-24(29)28-23-22-27-21-20-26-19-18-25/h26-27H,2-23,25H2,1H3,(H,28,29). The highest BCUT2D eigenvalue weighted by molar-refractivity contribution is 5.75. The molecular formula is C24H52N4O. The molecule has 5 heteroatoms. The van der Waals surface area contributed by atoms with Crippen LogP contribution in [-0.2, 0) is 4.79 Å². The molecule has 0 heterocycles. The third kappa shape index (κ3) is 25.3. The molecule has 0 aromatic carbocycles. The van der Waals surface area contributed by atoms with E-state index < -0.39 is 0 Å². The highest BCUT2D eigenvalue weighted by atomic mass is 16.1. The molecule has 0 aliphatic rings. The molecule has 5 N–H and O–H groups in total. The molecule has 0 radical (unpaired) electrons. The normalized spacial score (nSPS) is 11.1. The molecule has 0 rings (SSSR count). The minimum Gasteiger partial charge on any atom is -0.355 e. The summed E-state index contributed by atoms with van der Waals surface area (Å²) >= 11 is 0. The molecule has 0 atom stereocenters. The highest BCUT2D eigenvalue weighted by Gasteiger charge is 2.00. The van der Waals surface area contributed by atoms with E-state index in [4.69, 9.17) is 5.73 Å². The number of hydrogen-bond donors (Lipinski definition) is 4. The number of rotatable bonds is 24. The quantitative estimate of drug-likeness (QED) is 0.176. The summed E-state index contributed by atoms with van der Waals surface area (Å²) in [6.45, 7) is 7.19. The summed E-state index contributed by atoms with van der Waals surface area (Å²) in [7, 11) is 0. The van der Waals surface area contributed by atoms with Crippen LogP contribution in [0.4, 0.5) is 0 Å². The fraction of sp³-hybridized carbons (Fsp3) is 0.958. The van der Waals surface area contributed by atoms with Crippen LogP contribution in [-0.4, -0.2) is 45.2 Å². The molecule has 0 aromatic rings. The number of carbonyl (C=O) groups is 1. The Bertz CT molecular complexity index is 326. The molecule has 0 saturated carbocycles. The molecule has 0 aliphatic carbocycles. The van der Waals surface area contributed by atoms with Gasteiger partial charge in [0, 0.05) is 45.7 Å². The van der Waals surface area contributed by atoms with Crippen molar-refractivity contribution in [3.8, 4) is 0 Å². The summed E-state index contributed by atoms with van der Waals surface area (Å²) in [5.41, 5.74) is 5.41. The van der Waals surface area contributed by atoms with E-state index in [-0.39, 0.29) is 5.91 Å². The van der Waals surface area contributed by atoms with Gasteiger partial charge in [0.05, 0.1) is 0 Å². The fourth-order valence-corrected chi connectivity index (χ4v) is 3.56. The van der Waals surface area contributed by atoms with Crippen molar-refractivity contribution >= 4 is 5.91 Å². The zero-order valence-electron chi connectivity index (χ0n) is 19.5. The maximum absolute atomic E-state index is 11.8. The first kappa shape index (κ1) is 28.4. The van der Waals surface area contributed by atoms with Crippen LogP contribution < -0.4 is 21.7 Å². The summed E-state index contributed by atoms with van der Waals surface area (Å²) < 4.78 is 0. The Morgan fingerprint density at radius 1 is 0.586 bits per heavy atom. The van der Waals surface area contributed by atoms with Crippen LogP contribution in [0.15, 0.2) is 0 Å². The van der Waals surface area contributed by atoms with Gasteiger partial charge in [0.2, 0.25) is 5.91 Å². The second-order valence-corrected chi connectivity index (χ2v) is 8.34. The topological polar surface area (TPSA) is 79.2 Å². The van der Waals surface area contributed by atoms with Crippen molar-refractivity contribution in [2.24, 2.45) is 5.73 Å². The zero-order valence-corrected chi connectivity index (χ0v) is 19.5. The number of amides is 1. The minimum atomic E-state index is 0.197. The molecule has 5 nitrogen and oxygen atoms in total. The molecule has 0 saturated heterocycles. The van der Waals surface area contributed by atoms with Gasteiger partial charge in [-0.05, 0) is 6.42 Å². The molecule has 0 aromatic heterocycles. The van der Waals surface area contributed by atoms with E-state index >= 15 is 0 Å². The first-order valence-corrected chi connectivity index (χ1v) is 12.7. The molecular weight excluding hydrogens is 360 g/mol. The maximum Gasteiger partial charge on any atom is 0.220 e. The van der Waals surface area contributed by atoms with Crippen LogP contribution in [0.25, 0.3) is 0 Å². The van der Waals surface area contributed by atoms with Gasteiger partial charge in [0.1, 0.15) is 0 Å². The molecule has 1 amide bonds. The van der Waals surface area contributed by atoms with Gasteiger partial charge in [0.15, 0.2) is 0 Å². The van der Waals surface area contributed by atoms with Gasteiger partial charge in [0.25, 0.3) is 0 Å². The van der Waals surface area contributed by atoms with E-state index in [9.17, 15) is 4.79 Å². The third-order valence-electron chi connectivity index (χ3n) is 5.43. The number of nitrogens with two attached hydrogens (primary N) is 1. The second-order valence-electron chi connectivity index (χ2n) is 8.34. The van der Waals surface area contributed by atoms with Crippen molar-refractivity contribution in [2.45, 2.75) is 110 Å². The van der Waals surface area contributed by atoms with Crippen LogP contribution in [0, 0.1) is 0 Å². The van der Waals surface area contributed by atoms with Crippen molar-refractivity contribution < 1.29 is 4.79 Å². The summed E-state index contributed by atoms with van der Waals surface area (Å²) in [6, 6.07) is 0. The van der Waals surface area contributed by atoms with Crippen LogP contribution in [0.2, 0.25) is 0 Å². The van der Waals surface area contributed by atoms with Crippen LogP contribution in [0.1, 0.15) is 110 Å². The van der Waals surface area contributed by atoms with E-state index in [0.717, 1.165) is 32.6 Å². The molecule has 174 valence electrons. The zero-order chi connectivity index (χ0) is 21.3. The molecule has 0 aliphatic heterocycles. The highest BCUT2D eigenvalue weighted by Crippen LogP contribution is 2.13. The summed E-state index contributed by atoms with van der Waals surface area (Å²) in [5, 5.41) is 9.53. The Labute approximate surface area is 181 Å². The molecule has 0 bridgehead atoms. The Morgan fingerprint density at radius 2 is 1.00 bits per heavy atom. The van der Waals surface area contributed by atoms with E-state index in [1.165, 1.54) is 89.9 Å². The number of unbranched alkanes of at least 4 members (excludes halogenated alkanes) is 14. The Hall–Kier alpha value is -0.650. The largest absolute Gasteiger partial charge is 0.355 e. The van der Waals surface area contributed by atoms with Crippen molar-refractivity contribution in [1.82, 2.24) is 16.0 Å². The number of hydrogen-bond acceptors (Lipinski definition) is 4. The van der Waals surface area contributed by atoms with Gasteiger partial charge in [-0.3, -0.25) is 4.79 Å². The Balaban J connectivity index is 3.12. The summed E-state index contributed by atoms with van der Waals surface area (Å²) in [5.74, 6) is 0.197. The van der Waals surface area contributed by atoms with Crippen LogP contribution in [0.3, 0.4) is 0 Å². The van der Waals surface area contributed by atoms with Crippen molar-refractivity contribution in [1.29, 1.82) is 0 Å². The van der Waals surface area contributed by atoms with Gasteiger partial charge in [-0.25, -0.2) is 0 Å². The lowest BCUT2D eigenvalue weighted by Gasteiger charge is -2.07. The SMILES string of the molecule is CCCCCCCCCCCCCCCCCC(=O)NCCNCCNCCN. The van der Waals surface area contributed by atoms with Gasteiger partial charge in [-0.15, -0.1) is 0 Å². The average Bonchev–Trinajstić information content (AvgIpc) is 2.72. The van der Waals surface area contributed by atoms with E-state index in [1.807, 2.05) is 0 Å². The van der Waals surface area contributed by atoms with Gasteiger partial charge >= 0.3 is 0 Å². The predicted octanol–water partition coefficient (Wildman–Crippen LogP) is 4.50. The van der Waals surface area contributed by atoms with Crippen molar-refractivity contribution in [2.75, 3.05) is 39.3 Å². The summed E-state index contributed by atoms with van der Waals surface area (Å²) in [6.07, 6.45) is 21.1. The van der Waals surface area contributed by atoms with Crippen molar-refractivity contribution in [3.05, 3.63) is 0 Å². The van der Waals surface area contributed by atoms with Crippen molar-refractivity contribution in [3.63, 3.8) is 0 Å². The van der Waals surface area contributed by atoms with E-state index in [2.05, 4.69) is 22.9 Å². The first-order chi connectivity index (χ1) is 14.3. The van der Waals surface area contributed by atoms with Gasteiger partial charge < -0.3 is 21.7 Å². The Morgan fingerprint density at radius 3 is 1.48 bits per heavy atom. The third-order valence-corrected chi connectivity index (χ3v) is 5.43. The second kappa shape index (κ2) is 25.4. The van der Waals surface area contributed by atoms with Gasteiger partial charge in [-0.2, -0.15) is 0 Å². The number of carbonyl (C=O) groups excluding carboxylic acids is 1. The van der Waals surface area contributed by atoms with E-state index in [1.54, 1.807) is 0 Å². The van der Waals surface area contributed by atoms with E-state index in [0.29, 0.717) is 19.5 Å². The molecule has 0 unspecified atom stereocenters. The first-order valence-electron chi connectivity index (χ1n) is 12.7. The predicted molar refractivity (Wildman–Crippen MR) is 127 cm³/mol. The molecule has 0 fully saturated rings. The summed E-state index contributed by atoms with van der Waals surface area (Å²) in [4.78, 5) is 11.8. The molecule has 29 heavy (non-hydrogen) atoms. The van der Waals surface area contributed by atoms with Crippen LogP contribution >= 0.6 is 0 Å².